The Hall–Kier alpha value is -2.30. The Morgan fingerprint density at radius 1 is 1.33 bits per heavy atom. The molecule has 1 aromatic carbocycles. The molecule has 0 aliphatic carbocycles. The summed E-state index contributed by atoms with van der Waals surface area (Å²) >= 11 is 0. The van der Waals surface area contributed by atoms with Crippen LogP contribution in [0.1, 0.15) is 10.4 Å². The third-order valence-corrected chi connectivity index (χ3v) is 1.99. The fraction of sp³-hybridized carbons (Fsp3) is 0. The van der Waals surface area contributed by atoms with Crippen molar-refractivity contribution in [2.24, 2.45) is 0 Å². The Balaban J connectivity index is 2.15. The largest absolute Gasteiger partial charge is 0.380 e. The second kappa shape index (κ2) is 3.83. The van der Waals surface area contributed by atoms with Gasteiger partial charge in [-0.25, -0.2) is 0 Å². The molecule has 0 unspecified atom stereocenters. The first kappa shape index (κ1) is 9.26. The molecule has 2 rings (SSSR count). The maximum atomic E-state index is 11.7. The molecular formula is C10H11N4O+. The summed E-state index contributed by atoms with van der Waals surface area (Å²) in [4.78, 5) is 11.7. The van der Waals surface area contributed by atoms with Crippen LogP contribution in [0.15, 0.2) is 36.5 Å². The van der Waals surface area contributed by atoms with Gasteiger partial charge in [-0.05, 0) is 12.1 Å². The molecule has 1 aromatic heterocycles. The van der Waals surface area contributed by atoms with Crippen LogP contribution in [0.25, 0.3) is 0 Å². The lowest BCUT2D eigenvalue weighted by molar-refractivity contribution is -0.447. The molecule has 0 bridgehead atoms. The van der Waals surface area contributed by atoms with Gasteiger partial charge in [0.1, 0.15) is 0 Å². The molecule has 76 valence electrons. The fourth-order valence-electron chi connectivity index (χ4n) is 1.24. The van der Waals surface area contributed by atoms with Crippen LogP contribution >= 0.6 is 0 Å². The highest BCUT2D eigenvalue weighted by Gasteiger charge is 2.14. The topological polar surface area (TPSA) is 85.1 Å². The summed E-state index contributed by atoms with van der Waals surface area (Å²) in [6.07, 6.45) is 1.52. The summed E-state index contributed by atoms with van der Waals surface area (Å²) in [5.41, 5.74) is 6.69. The zero-order valence-corrected chi connectivity index (χ0v) is 7.95. The lowest BCUT2D eigenvalue weighted by atomic mass is 10.2. The number of carbonyl (C=O) groups excluding carboxylic acids is 1. The van der Waals surface area contributed by atoms with Crippen LogP contribution in [0.5, 0.6) is 0 Å². The van der Waals surface area contributed by atoms with Crippen LogP contribution in [-0.4, -0.2) is 11.0 Å². The van der Waals surface area contributed by atoms with E-state index in [-0.39, 0.29) is 5.91 Å². The van der Waals surface area contributed by atoms with Gasteiger partial charge in [-0.2, -0.15) is 5.10 Å². The summed E-state index contributed by atoms with van der Waals surface area (Å²) in [7, 11) is 0. The molecule has 0 aliphatic heterocycles. The molecular weight excluding hydrogens is 192 g/mol. The standard InChI is InChI=1S/C10H10N4O/c11-9-8(6-12-14-9)10(15)13-7-4-2-1-3-5-7/h1-6H,(H,13,15)(H3,11,12,14)/p+1. The Morgan fingerprint density at radius 3 is 2.67 bits per heavy atom. The molecule has 1 amide bonds. The van der Waals surface area contributed by atoms with Crippen LogP contribution in [0, 0.1) is 0 Å². The Labute approximate surface area is 86.3 Å². The molecule has 0 aliphatic rings. The number of nitrogens with one attached hydrogen (secondary N) is 3. The minimum atomic E-state index is -0.240. The van der Waals surface area contributed by atoms with Gasteiger partial charge in [0.25, 0.3) is 5.91 Å². The summed E-state index contributed by atoms with van der Waals surface area (Å²) in [6, 6.07) is 9.20. The van der Waals surface area contributed by atoms with Crippen molar-refractivity contribution < 1.29 is 9.89 Å². The first-order valence-corrected chi connectivity index (χ1v) is 4.48. The van der Waals surface area contributed by atoms with E-state index in [1.54, 1.807) is 0 Å². The zero-order valence-electron chi connectivity index (χ0n) is 7.95. The van der Waals surface area contributed by atoms with E-state index in [0.717, 1.165) is 5.69 Å². The van der Waals surface area contributed by atoms with Crippen LogP contribution < -0.4 is 16.1 Å². The number of benzene rings is 1. The number of amides is 1. The molecule has 2 aromatic rings. The van der Waals surface area contributed by atoms with Gasteiger partial charge in [-0.15, -0.1) is 5.10 Å². The maximum absolute atomic E-state index is 11.7. The van der Waals surface area contributed by atoms with E-state index in [9.17, 15) is 4.79 Å². The van der Waals surface area contributed by atoms with Crippen LogP contribution in [0.3, 0.4) is 0 Å². The molecule has 1 heterocycles. The number of nitrogen functional groups attached to an aromatic ring is 1. The van der Waals surface area contributed by atoms with Crippen molar-refractivity contribution >= 4 is 17.4 Å². The quantitative estimate of drug-likeness (QED) is 0.669. The van der Waals surface area contributed by atoms with Crippen molar-refractivity contribution in [3.05, 3.63) is 42.1 Å². The number of nitrogens with two attached hydrogens (primary N) is 1. The normalized spacial score (nSPS) is 9.87. The molecule has 0 spiro atoms. The van der Waals surface area contributed by atoms with Gasteiger partial charge in [0.05, 0.1) is 0 Å². The Morgan fingerprint density at radius 2 is 2.07 bits per heavy atom. The summed E-state index contributed by atoms with van der Waals surface area (Å²) in [6.45, 7) is 0. The lowest BCUT2D eigenvalue weighted by Crippen LogP contribution is -2.12. The Kier molecular flexibility index (Phi) is 2.37. The monoisotopic (exact) mass is 203 g/mol. The van der Waals surface area contributed by atoms with Gasteiger partial charge in [0, 0.05) is 5.69 Å². The summed E-state index contributed by atoms with van der Waals surface area (Å²) in [5.74, 6) is 0.0830. The van der Waals surface area contributed by atoms with Gasteiger partial charge in [-0.1, -0.05) is 18.2 Å². The highest BCUT2D eigenvalue weighted by atomic mass is 16.1. The van der Waals surface area contributed by atoms with Crippen molar-refractivity contribution in [2.45, 2.75) is 0 Å². The lowest BCUT2D eigenvalue weighted by Gasteiger charge is -2.01. The number of aromatic nitrogens is 2. The highest BCUT2D eigenvalue weighted by molar-refractivity contribution is 6.06. The number of hydrogen-bond acceptors (Lipinski definition) is 2. The minimum Gasteiger partial charge on any atom is -0.380 e. The predicted octanol–water partition coefficient (Wildman–Crippen LogP) is 0.663. The number of para-hydroxylation sites is 1. The molecule has 15 heavy (non-hydrogen) atoms. The molecule has 0 saturated carbocycles. The van der Waals surface area contributed by atoms with Gasteiger partial charge in [0.15, 0.2) is 11.4 Å². The third kappa shape index (κ3) is 1.96. The molecule has 0 atom stereocenters. The number of carbonyl (C=O) groups is 1. The second-order valence-corrected chi connectivity index (χ2v) is 3.06. The van der Waals surface area contributed by atoms with E-state index >= 15 is 0 Å². The Bertz CT molecular complexity index is 463. The molecule has 0 radical (unpaired) electrons. The smallest absolute Gasteiger partial charge is 0.265 e. The van der Waals surface area contributed by atoms with Crippen molar-refractivity contribution in [1.82, 2.24) is 5.10 Å². The van der Waals surface area contributed by atoms with Gasteiger partial charge in [0.2, 0.25) is 6.20 Å². The number of hydrogen-bond donors (Lipinski definition) is 3. The molecule has 0 fully saturated rings. The number of anilines is 2. The van der Waals surface area contributed by atoms with Gasteiger partial charge in [-0.3, -0.25) is 4.79 Å². The van der Waals surface area contributed by atoms with Crippen molar-refractivity contribution in [3.8, 4) is 0 Å². The fourth-order valence-corrected chi connectivity index (χ4v) is 1.24. The van der Waals surface area contributed by atoms with E-state index in [0.29, 0.717) is 11.4 Å². The third-order valence-electron chi connectivity index (χ3n) is 1.99. The predicted molar refractivity (Wildman–Crippen MR) is 56.2 cm³/mol. The van der Waals surface area contributed by atoms with E-state index < -0.39 is 0 Å². The summed E-state index contributed by atoms with van der Waals surface area (Å²) < 4.78 is 0. The molecule has 5 heteroatoms. The van der Waals surface area contributed by atoms with Crippen LogP contribution in [0.2, 0.25) is 0 Å². The average Bonchev–Trinajstić information content (AvgIpc) is 2.66. The first-order valence-electron chi connectivity index (χ1n) is 4.48. The molecule has 5 nitrogen and oxygen atoms in total. The number of rotatable bonds is 2. The van der Waals surface area contributed by atoms with Crippen molar-refractivity contribution in [1.29, 1.82) is 0 Å². The van der Waals surface area contributed by atoms with Crippen LogP contribution in [0.4, 0.5) is 11.5 Å². The van der Waals surface area contributed by atoms with Crippen molar-refractivity contribution in [3.63, 3.8) is 0 Å². The van der Waals surface area contributed by atoms with Gasteiger partial charge >= 0.3 is 0 Å². The van der Waals surface area contributed by atoms with Gasteiger partial charge < -0.3 is 11.1 Å². The summed E-state index contributed by atoms with van der Waals surface area (Å²) in [5, 5.41) is 8.01. The number of H-pyrrole nitrogens is 2. The minimum absolute atomic E-state index is 0.240. The number of aromatic amines is 2. The highest BCUT2D eigenvalue weighted by Crippen LogP contribution is 2.10. The molecule has 0 saturated heterocycles. The van der Waals surface area contributed by atoms with Crippen molar-refractivity contribution in [2.75, 3.05) is 11.1 Å². The first-order chi connectivity index (χ1) is 7.27. The maximum Gasteiger partial charge on any atom is 0.265 e. The average molecular weight is 203 g/mol. The van der Waals surface area contributed by atoms with E-state index in [4.69, 9.17) is 5.73 Å². The van der Waals surface area contributed by atoms with E-state index in [2.05, 4.69) is 15.5 Å². The van der Waals surface area contributed by atoms with E-state index in [1.165, 1.54) is 6.20 Å². The zero-order chi connectivity index (χ0) is 10.7. The SMILES string of the molecule is Nc1[nH][nH+]cc1C(=O)Nc1ccccc1. The molecule has 5 N–H and O–H groups in total. The van der Waals surface area contributed by atoms with Crippen LogP contribution in [-0.2, 0) is 0 Å². The van der Waals surface area contributed by atoms with E-state index in [1.807, 2.05) is 30.3 Å². The second-order valence-electron chi connectivity index (χ2n) is 3.06.